The van der Waals surface area contributed by atoms with Crippen LogP contribution >= 0.6 is 0 Å². The summed E-state index contributed by atoms with van der Waals surface area (Å²) in [4.78, 5) is 11.9. The Hall–Kier alpha value is -3.19. The van der Waals surface area contributed by atoms with Crippen LogP contribution in [-0.4, -0.2) is 5.91 Å². The fourth-order valence-corrected chi connectivity index (χ4v) is 1.71. The number of hydrogen-bond acceptors (Lipinski definition) is 2. The van der Waals surface area contributed by atoms with Crippen LogP contribution in [0, 0.1) is 17.1 Å². The minimum absolute atomic E-state index is 0.0310. The molecule has 0 saturated carbocycles. The number of nitrogens with one attached hydrogen (secondary N) is 1. The molecule has 0 unspecified atom stereocenters. The van der Waals surface area contributed by atoms with Crippen LogP contribution in [0.2, 0.25) is 0 Å². The van der Waals surface area contributed by atoms with E-state index in [2.05, 4.69) is 5.32 Å². The van der Waals surface area contributed by atoms with Crippen LogP contribution in [0.4, 0.5) is 10.1 Å². The summed E-state index contributed by atoms with van der Waals surface area (Å²) < 4.78 is 12.8. The highest BCUT2D eigenvalue weighted by Gasteiger charge is 2.08. The molecule has 0 aromatic heterocycles. The third kappa shape index (κ3) is 4.43. The molecule has 108 valence electrons. The molecule has 0 bridgehead atoms. The maximum absolute atomic E-state index is 12.8. The monoisotopic (exact) mass is 292 g/mol. The Balaban J connectivity index is 2.05. The van der Waals surface area contributed by atoms with Crippen molar-refractivity contribution in [2.45, 2.75) is 0 Å². The number of allylic oxidation sites excluding steroid dienone is 2. The first kappa shape index (κ1) is 15.2. The molecule has 4 heteroatoms. The molecule has 2 aromatic carbocycles. The zero-order valence-corrected chi connectivity index (χ0v) is 11.7. The largest absolute Gasteiger partial charge is 0.321 e. The number of benzene rings is 2. The molecule has 1 amide bonds. The van der Waals surface area contributed by atoms with E-state index < -0.39 is 5.91 Å². The Morgan fingerprint density at radius 3 is 2.41 bits per heavy atom. The summed E-state index contributed by atoms with van der Waals surface area (Å²) in [6.45, 7) is 0. The first-order chi connectivity index (χ1) is 10.7. The molecule has 0 fully saturated rings. The molecule has 0 radical (unpaired) electrons. The molecule has 1 N–H and O–H groups in total. The number of nitrogens with zero attached hydrogens (tertiary/aromatic N) is 1. The highest BCUT2D eigenvalue weighted by atomic mass is 19.1. The van der Waals surface area contributed by atoms with Gasteiger partial charge >= 0.3 is 0 Å². The predicted molar refractivity (Wildman–Crippen MR) is 84.2 cm³/mol. The van der Waals surface area contributed by atoms with Crippen molar-refractivity contribution in [2.24, 2.45) is 0 Å². The van der Waals surface area contributed by atoms with Crippen LogP contribution in [0.15, 0.2) is 72.3 Å². The third-order valence-electron chi connectivity index (χ3n) is 2.82. The van der Waals surface area contributed by atoms with E-state index in [0.717, 1.165) is 5.56 Å². The topological polar surface area (TPSA) is 52.9 Å². The van der Waals surface area contributed by atoms with Crippen LogP contribution in [0.5, 0.6) is 0 Å². The Morgan fingerprint density at radius 1 is 1.09 bits per heavy atom. The normalized spacial score (nSPS) is 11.2. The molecule has 2 aromatic rings. The molecule has 0 heterocycles. The number of rotatable bonds is 4. The summed E-state index contributed by atoms with van der Waals surface area (Å²) in [7, 11) is 0. The first-order valence-electron chi connectivity index (χ1n) is 6.59. The number of halogens is 1. The fourth-order valence-electron chi connectivity index (χ4n) is 1.71. The summed E-state index contributed by atoms with van der Waals surface area (Å²) in [5.41, 5.74) is 1.37. The van der Waals surface area contributed by atoms with Crippen molar-refractivity contribution in [1.82, 2.24) is 0 Å². The number of carbonyl (C=O) groups excluding carboxylic acids is 1. The second-order valence-electron chi connectivity index (χ2n) is 4.42. The van der Waals surface area contributed by atoms with Crippen molar-refractivity contribution in [2.75, 3.05) is 5.32 Å². The van der Waals surface area contributed by atoms with Crippen molar-refractivity contribution in [1.29, 1.82) is 5.26 Å². The highest BCUT2D eigenvalue weighted by molar-refractivity contribution is 6.06. The van der Waals surface area contributed by atoms with Crippen molar-refractivity contribution < 1.29 is 9.18 Å². The molecule has 0 aliphatic carbocycles. The molecule has 0 aliphatic heterocycles. The van der Waals surface area contributed by atoms with Gasteiger partial charge in [0.15, 0.2) is 0 Å². The quantitative estimate of drug-likeness (QED) is 0.527. The molecular weight excluding hydrogens is 279 g/mol. The standard InChI is InChI=1S/C18H13FN2O/c19-16-9-11-17(12-10-16)21-18(22)15(13-20)8-4-7-14-5-2-1-3-6-14/h1-12H,(H,21,22)/b7-4+,15-8-. The van der Waals surface area contributed by atoms with Crippen molar-refractivity contribution in [3.8, 4) is 6.07 Å². The third-order valence-corrected chi connectivity index (χ3v) is 2.82. The zero-order valence-electron chi connectivity index (χ0n) is 11.7. The van der Waals surface area contributed by atoms with Crippen LogP contribution < -0.4 is 5.32 Å². The molecule has 3 nitrogen and oxygen atoms in total. The zero-order chi connectivity index (χ0) is 15.8. The highest BCUT2D eigenvalue weighted by Crippen LogP contribution is 2.10. The summed E-state index contributed by atoms with van der Waals surface area (Å²) in [5.74, 6) is -0.924. The Morgan fingerprint density at radius 2 is 1.77 bits per heavy atom. The lowest BCUT2D eigenvalue weighted by Gasteiger charge is -2.03. The number of hydrogen-bond donors (Lipinski definition) is 1. The Bertz CT molecular complexity index is 741. The van der Waals surface area contributed by atoms with E-state index in [9.17, 15) is 9.18 Å². The minimum atomic E-state index is -0.535. The number of carbonyl (C=O) groups is 1. The first-order valence-corrected chi connectivity index (χ1v) is 6.59. The van der Waals surface area contributed by atoms with E-state index in [1.807, 2.05) is 36.4 Å². The molecule has 0 atom stereocenters. The Kier molecular flexibility index (Phi) is 5.22. The minimum Gasteiger partial charge on any atom is -0.321 e. The van der Waals surface area contributed by atoms with Crippen molar-refractivity contribution in [3.05, 3.63) is 83.7 Å². The van der Waals surface area contributed by atoms with Gasteiger partial charge in [-0.3, -0.25) is 4.79 Å². The average Bonchev–Trinajstić information content (AvgIpc) is 2.54. The van der Waals surface area contributed by atoms with Crippen molar-refractivity contribution in [3.63, 3.8) is 0 Å². The molecule has 2 rings (SSSR count). The van der Waals surface area contributed by atoms with E-state index in [4.69, 9.17) is 5.26 Å². The van der Waals surface area contributed by atoms with E-state index in [-0.39, 0.29) is 11.4 Å². The van der Waals surface area contributed by atoms with Crippen LogP contribution in [0.1, 0.15) is 5.56 Å². The van der Waals surface area contributed by atoms with Gasteiger partial charge in [-0.1, -0.05) is 42.5 Å². The van der Waals surface area contributed by atoms with E-state index >= 15 is 0 Å². The predicted octanol–water partition coefficient (Wildman–Crippen LogP) is 3.93. The number of amides is 1. The van der Waals surface area contributed by atoms with Gasteiger partial charge in [0.25, 0.3) is 5.91 Å². The number of nitriles is 1. The van der Waals surface area contributed by atoms with Gasteiger partial charge in [0.1, 0.15) is 17.5 Å². The maximum atomic E-state index is 12.8. The molecular formula is C18H13FN2O. The molecule has 0 saturated heterocycles. The molecule has 0 aliphatic rings. The lowest BCUT2D eigenvalue weighted by Crippen LogP contribution is -2.13. The van der Waals surface area contributed by atoms with Gasteiger partial charge in [-0.25, -0.2) is 4.39 Å². The van der Waals surface area contributed by atoms with Gasteiger partial charge < -0.3 is 5.32 Å². The maximum Gasteiger partial charge on any atom is 0.266 e. The lowest BCUT2D eigenvalue weighted by molar-refractivity contribution is -0.112. The smallest absolute Gasteiger partial charge is 0.266 e. The van der Waals surface area contributed by atoms with E-state index in [1.165, 1.54) is 30.3 Å². The Labute approximate surface area is 128 Å². The van der Waals surface area contributed by atoms with Gasteiger partial charge in [0.05, 0.1) is 0 Å². The van der Waals surface area contributed by atoms with Gasteiger partial charge in [-0.2, -0.15) is 5.26 Å². The van der Waals surface area contributed by atoms with Crippen LogP contribution in [0.25, 0.3) is 6.08 Å². The summed E-state index contributed by atoms with van der Waals surface area (Å²) >= 11 is 0. The van der Waals surface area contributed by atoms with E-state index in [0.29, 0.717) is 5.69 Å². The lowest BCUT2D eigenvalue weighted by atomic mass is 10.2. The van der Waals surface area contributed by atoms with Gasteiger partial charge in [-0.15, -0.1) is 0 Å². The van der Waals surface area contributed by atoms with E-state index in [1.54, 1.807) is 12.2 Å². The van der Waals surface area contributed by atoms with Gasteiger partial charge in [0, 0.05) is 5.69 Å². The second-order valence-corrected chi connectivity index (χ2v) is 4.42. The molecule has 0 spiro atoms. The second kappa shape index (κ2) is 7.55. The van der Waals surface area contributed by atoms with Gasteiger partial charge in [0.2, 0.25) is 0 Å². The van der Waals surface area contributed by atoms with Crippen LogP contribution in [-0.2, 0) is 4.79 Å². The van der Waals surface area contributed by atoms with Gasteiger partial charge in [-0.05, 0) is 35.9 Å². The van der Waals surface area contributed by atoms with Crippen molar-refractivity contribution >= 4 is 17.7 Å². The summed E-state index contributed by atoms with van der Waals surface area (Å²) in [5, 5.41) is 11.6. The summed E-state index contributed by atoms with van der Waals surface area (Å²) in [6.07, 6.45) is 4.87. The summed E-state index contributed by atoms with van der Waals surface area (Å²) in [6, 6.07) is 16.7. The van der Waals surface area contributed by atoms with Crippen LogP contribution in [0.3, 0.4) is 0 Å². The number of anilines is 1. The average molecular weight is 292 g/mol. The fraction of sp³-hybridized carbons (Fsp3) is 0. The SMILES string of the molecule is N#C/C(=C/C=C/c1ccccc1)C(=O)Nc1ccc(F)cc1. The molecule has 22 heavy (non-hydrogen) atoms.